The Balaban J connectivity index is 2.03. The molecule has 102 valence electrons. The van der Waals surface area contributed by atoms with Crippen molar-refractivity contribution >= 4 is 0 Å². The Morgan fingerprint density at radius 2 is 2.16 bits per heavy atom. The minimum Gasteiger partial charge on any atom is -0.494 e. The largest absolute Gasteiger partial charge is 0.494 e. The maximum Gasteiger partial charge on any atom is 0.146 e. The Bertz CT molecular complexity index is 524. The molecule has 2 rings (SSSR count). The summed E-state index contributed by atoms with van der Waals surface area (Å²) in [5.41, 5.74) is 1.16. The minimum atomic E-state index is 0.194. The third-order valence-electron chi connectivity index (χ3n) is 3.06. The molecule has 0 aliphatic rings. The first-order valence-electron chi connectivity index (χ1n) is 6.50. The minimum absolute atomic E-state index is 0.194. The lowest BCUT2D eigenvalue weighted by molar-refractivity contribution is 0.332. The molecular formula is C14H20N4O. The predicted octanol–water partition coefficient (Wildman–Crippen LogP) is 2.06. The van der Waals surface area contributed by atoms with E-state index in [0.29, 0.717) is 13.2 Å². The number of nitrogens with zero attached hydrogens (tertiary/aromatic N) is 3. The van der Waals surface area contributed by atoms with Crippen LogP contribution in [0, 0.1) is 0 Å². The van der Waals surface area contributed by atoms with E-state index in [0.717, 1.165) is 17.1 Å². The van der Waals surface area contributed by atoms with E-state index in [9.17, 15) is 0 Å². The molecule has 0 aliphatic carbocycles. The summed E-state index contributed by atoms with van der Waals surface area (Å²) >= 11 is 0. The second-order valence-corrected chi connectivity index (χ2v) is 4.43. The van der Waals surface area contributed by atoms with Gasteiger partial charge in [-0.15, -0.1) is 10.2 Å². The van der Waals surface area contributed by atoms with Crippen LogP contribution in [-0.4, -0.2) is 21.4 Å². The number of aryl methyl sites for hydroxylation is 1. The van der Waals surface area contributed by atoms with Crippen LogP contribution >= 0.6 is 0 Å². The second-order valence-electron chi connectivity index (χ2n) is 4.43. The van der Waals surface area contributed by atoms with Crippen molar-refractivity contribution in [3.8, 4) is 5.75 Å². The van der Waals surface area contributed by atoms with Crippen LogP contribution < -0.4 is 10.1 Å². The Morgan fingerprint density at radius 3 is 2.84 bits per heavy atom. The van der Waals surface area contributed by atoms with E-state index in [2.05, 4.69) is 28.5 Å². The maximum absolute atomic E-state index is 5.65. The van der Waals surface area contributed by atoms with Crippen molar-refractivity contribution in [1.82, 2.24) is 20.1 Å². The molecule has 0 saturated heterocycles. The molecule has 1 unspecified atom stereocenters. The molecule has 0 saturated carbocycles. The number of aromatic nitrogens is 3. The number of hydrogen-bond donors (Lipinski definition) is 1. The van der Waals surface area contributed by atoms with Crippen LogP contribution in [0.15, 0.2) is 30.6 Å². The summed E-state index contributed by atoms with van der Waals surface area (Å²) in [5.74, 6) is 1.85. The van der Waals surface area contributed by atoms with Crippen LogP contribution in [0.4, 0.5) is 0 Å². The highest BCUT2D eigenvalue weighted by molar-refractivity contribution is 5.35. The number of ether oxygens (including phenoxy) is 1. The van der Waals surface area contributed by atoms with Crippen LogP contribution in [-0.2, 0) is 13.6 Å². The summed E-state index contributed by atoms with van der Waals surface area (Å²) in [5, 5.41) is 11.4. The van der Waals surface area contributed by atoms with E-state index in [-0.39, 0.29) is 6.04 Å². The van der Waals surface area contributed by atoms with Gasteiger partial charge >= 0.3 is 0 Å². The topological polar surface area (TPSA) is 52.0 Å². The molecule has 1 heterocycles. The van der Waals surface area contributed by atoms with Crippen LogP contribution in [0.3, 0.4) is 0 Å². The van der Waals surface area contributed by atoms with Gasteiger partial charge in [0.15, 0.2) is 0 Å². The SMILES string of the molecule is CCOc1ccccc1C(C)NCc1nncn1C. The third-order valence-corrected chi connectivity index (χ3v) is 3.06. The van der Waals surface area contributed by atoms with Gasteiger partial charge in [0.1, 0.15) is 17.9 Å². The summed E-state index contributed by atoms with van der Waals surface area (Å²) in [7, 11) is 1.94. The molecule has 2 aromatic rings. The van der Waals surface area contributed by atoms with Gasteiger partial charge in [0, 0.05) is 18.7 Å². The lowest BCUT2D eigenvalue weighted by Crippen LogP contribution is -2.20. The molecule has 1 N–H and O–H groups in total. The van der Waals surface area contributed by atoms with Gasteiger partial charge in [0.05, 0.1) is 13.2 Å². The van der Waals surface area contributed by atoms with E-state index in [1.54, 1.807) is 6.33 Å². The summed E-state index contributed by atoms with van der Waals surface area (Å²) < 4.78 is 7.56. The van der Waals surface area contributed by atoms with Crippen LogP contribution in [0.25, 0.3) is 0 Å². The highest BCUT2D eigenvalue weighted by Gasteiger charge is 2.11. The zero-order valence-corrected chi connectivity index (χ0v) is 11.6. The van der Waals surface area contributed by atoms with Crippen molar-refractivity contribution in [2.24, 2.45) is 7.05 Å². The van der Waals surface area contributed by atoms with Crippen LogP contribution in [0.5, 0.6) is 5.75 Å². The van der Waals surface area contributed by atoms with Crippen LogP contribution in [0.2, 0.25) is 0 Å². The first-order chi connectivity index (χ1) is 9.22. The summed E-state index contributed by atoms with van der Waals surface area (Å²) in [6, 6.07) is 8.29. The standard InChI is InChI=1S/C14H20N4O/c1-4-19-13-8-6-5-7-12(13)11(2)15-9-14-17-16-10-18(14)3/h5-8,10-11,15H,4,9H2,1-3H3. The predicted molar refractivity (Wildman–Crippen MR) is 73.9 cm³/mol. The lowest BCUT2D eigenvalue weighted by Gasteiger charge is -2.17. The Hall–Kier alpha value is -1.88. The number of benzene rings is 1. The average molecular weight is 260 g/mol. The highest BCUT2D eigenvalue weighted by Crippen LogP contribution is 2.24. The monoisotopic (exact) mass is 260 g/mol. The lowest BCUT2D eigenvalue weighted by atomic mass is 10.1. The van der Waals surface area contributed by atoms with Gasteiger partial charge in [-0.05, 0) is 19.9 Å². The average Bonchev–Trinajstić information content (AvgIpc) is 2.82. The smallest absolute Gasteiger partial charge is 0.146 e. The third kappa shape index (κ3) is 3.32. The first kappa shape index (κ1) is 13.5. The molecule has 5 nitrogen and oxygen atoms in total. The molecule has 0 aliphatic heterocycles. The van der Waals surface area contributed by atoms with Crippen molar-refractivity contribution in [3.63, 3.8) is 0 Å². The number of hydrogen-bond acceptors (Lipinski definition) is 4. The number of para-hydroxylation sites is 1. The molecule has 0 amide bonds. The molecule has 0 bridgehead atoms. The Labute approximate surface area is 113 Å². The van der Waals surface area contributed by atoms with E-state index in [1.165, 1.54) is 0 Å². The molecule has 1 aromatic heterocycles. The van der Waals surface area contributed by atoms with E-state index < -0.39 is 0 Å². The van der Waals surface area contributed by atoms with Gasteiger partial charge < -0.3 is 14.6 Å². The quantitative estimate of drug-likeness (QED) is 0.864. The summed E-state index contributed by atoms with van der Waals surface area (Å²) in [4.78, 5) is 0. The molecule has 1 aromatic carbocycles. The molecule has 5 heteroatoms. The van der Waals surface area contributed by atoms with Crippen molar-refractivity contribution in [3.05, 3.63) is 42.0 Å². The fourth-order valence-electron chi connectivity index (χ4n) is 1.95. The number of rotatable bonds is 6. The normalized spacial score (nSPS) is 12.4. The fraction of sp³-hybridized carbons (Fsp3) is 0.429. The van der Waals surface area contributed by atoms with Gasteiger partial charge in [0.2, 0.25) is 0 Å². The molecule has 19 heavy (non-hydrogen) atoms. The number of nitrogens with one attached hydrogen (secondary N) is 1. The maximum atomic E-state index is 5.65. The fourth-order valence-corrected chi connectivity index (χ4v) is 1.95. The molecule has 0 fully saturated rings. The molecular weight excluding hydrogens is 240 g/mol. The van der Waals surface area contributed by atoms with Gasteiger partial charge in [0.25, 0.3) is 0 Å². The zero-order chi connectivity index (χ0) is 13.7. The Kier molecular flexibility index (Phi) is 4.52. The molecule has 1 atom stereocenters. The van der Waals surface area contributed by atoms with Gasteiger partial charge in [-0.3, -0.25) is 0 Å². The van der Waals surface area contributed by atoms with Crippen molar-refractivity contribution < 1.29 is 4.74 Å². The zero-order valence-electron chi connectivity index (χ0n) is 11.6. The van der Waals surface area contributed by atoms with Crippen molar-refractivity contribution in [1.29, 1.82) is 0 Å². The van der Waals surface area contributed by atoms with Crippen molar-refractivity contribution in [2.75, 3.05) is 6.61 Å². The summed E-state index contributed by atoms with van der Waals surface area (Å²) in [6.45, 7) is 5.47. The van der Waals surface area contributed by atoms with Gasteiger partial charge in [-0.1, -0.05) is 18.2 Å². The summed E-state index contributed by atoms with van der Waals surface area (Å²) in [6.07, 6.45) is 1.70. The van der Waals surface area contributed by atoms with Crippen molar-refractivity contribution in [2.45, 2.75) is 26.4 Å². The first-order valence-corrected chi connectivity index (χ1v) is 6.50. The van der Waals surface area contributed by atoms with E-state index >= 15 is 0 Å². The Morgan fingerprint density at radius 1 is 1.37 bits per heavy atom. The van der Waals surface area contributed by atoms with E-state index in [4.69, 9.17) is 4.74 Å². The van der Waals surface area contributed by atoms with Gasteiger partial charge in [-0.2, -0.15) is 0 Å². The second kappa shape index (κ2) is 6.33. The molecule has 0 spiro atoms. The van der Waals surface area contributed by atoms with Gasteiger partial charge in [-0.25, -0.2) is 0 Å². The van der Waals surface area contributed by atoms with Crippen LogP contribution in [0.1, 0.15) is 31.3 Å². The molecule has 0 radical (unpaired) electrons. The van der Waals surface area contributed by atoms with E-state index in [1.807, 2.05) is 36.7 Å². The highest BCUT2D eigenvalue weighted by atomic mass is 16.5.